The highest BCUT2D eigenvalue weighted by Crippen LogP contribution is 2.23. The highest BCUT2D eigenvalue weighted by molar-refractivity contribution is 14.0. The van der Waals surface area contributed by atoms with Crippen molar-refractivity contribution in [1.29, 1.82) is 0 Å². The third-order valence-electron chi connectivity index (χ3n) is 2.73. The Balaban J connectivity index is 0.00000180. The molecule has 7 heteroatoms. The highest BCUT2D eigenvalue weighted by Gasteiger charge is 2.14. The monoisotopic (exact) mass is 399 g/mol. The van der Waals surface area contributed by atoms with Crippen LogP contribution in [0, 0.1) is 17.6 Å². The lowest BCUT2D eigenvalue weighted by Gasteiger charge is -2.08. The molecule has 0 aromatic heterocycles. The van der Waals surface area contributed by atoms with Crippen LogP contribution in [0.15, 0.2) is 23.2 Å². The molecule has 0 aliphatic carbocycles. The minimum absolute atomic E-state index is 0. The molecule has 1 atom stereocenters. The van der Waals surface area contributed by atoms with E-state index in [1.54, 1.807) is 0 Å². The van der Waals surface area contributed by atoms with Crippen LogP contribution in [-0.4, -0.2) is 24.0 Å². The zero-order chi connectivity index (χ0) is 13.0. The van der Waals surface area contributed by atoms with Gasteiger partial charge in [-0.3, -0.25) is 4.99 Å². The molecule has 1 aliphatic heterocycles. The number of hydrogen-bond donors (Lipinski definition) is 2. The third-order valence-corrected chi connectivity index (χ3v) is 3.97. The quantitative estimate of drug-likeness (QED) is 0.467. The summed E-state index contributed by atoms with van der Waals surface area (Å²) >= 11 is 1.90. The first-order valence-corrected chi connectivity index (χ1v) is 6.90. The van der Waals surface area contributed by atoms with Crippen molar-refractivity contribution in [3.63, 3.8) is 0 Å². The fourth-order valence-electron chi connectivity index (χ4n) is 1.73. The van der Waals surface area contributed by atoms with Gasteiger partial charge in [-0.25, -0.2) is 8.78 Å². The second kappa shape index (κ2) is 7.88. The average molecular weight is 399 g/mol. The molecule has 0 bridgehead atoms. The molecule has 1 aromatic carbocycles. The van der Waals surface area contributed by atoms with Gasteiger partial charge >= 0.3 is 0 Å². The van der Waals surface area contributed by atoms with Crippen LogP contribution in [-0.2, 0) is 0 Å². The van der Waals surface area contributed by atoms with Gasteiger partial charge in [0.25, 0.3) is 0 Å². The summed E-state index contributed by atoms with van der Waals surface area (Å²) in [5, 5.41) is 2.58. The second-order valence-electron chi connectivity index (χ2n) is 4.20. The number of nitrogens with one attached hydrogen (secondary N) is 1. The van der Waals surface area contributed by atoms with Crippen molar-refractivity contribution in [3.8, 4) is 0 Å². The number of halogens is 3. The molecule has 1 aliphatic rings. The first kappa shape index (κ1) is 16.5. The predicted octanol–water partition coefficient (Wildman–Crippen LogP) is 3.06. The average Bonchev–Trinajstić information content (AvgIpc) is 2.84. The lowest BCUT2D eigenvalue weighted by atomic mass is 10.1. The maximum Gasteiger partial charge on any atom is 0.193 e. The van der Waals surface area contributed by atoms with E-state index in [1.165, 1.54) is 0 Å². The zero-order valence-electron chi connectivity index (χ0n) is 10.2. The van der Waals surface area contributed by atoms with E-state index in [9.17, 15) is 8.78 Å². The Morgan fingerprint density at radius 2 is 2.26 bits per heavy atom. The molecular weight excluding hydrogens is 383 g/mol. The van der Waals surface area contributed by atoms with Gasteiger partial charge in [-0.1, -0.05) is 0 Å². The summed E-state index contributed by atoms with van der Waals surface area (Å²) in [5.41, 5.74) is 5.66. The minimum atomic E-state index is -0.550. The first-order valence-electron chi connectivity index (χ1n) is 5.75. The van der Waals surface area contributed by atoms with Crippen LogP contribution in [0.2, 0.25) is 0 Å². The van der Waals surface area contributed by atoms with E-state index in [-0.39, 0.29) is 35.6 Å². The van der Waals surface area contributed by atoms with Crippen molar-refractivity contribution in [1.82, 2.24) is 0 Å². The van der Waals surface area contributed by atoms with Gasteiger partial charge in [0.05, 0.1) is 5.69 Å². The fourth-order valence-corrected chi connectivity index (χ4v) is 3.00. The number of guanidine groups is 1. The molecule has 0 amide bonds. The summed E-state index contributed by atoms with van der Waals surface area (Å²) in [5.74, 6) is 1.84. The van der Waals surface area contributed by atoms with Gasteiger partial charge in [0.2, 0.25) is 0 Å². The number of nitrogens with two attached hydrogens (primary N) is 1. The number of aliphatic imine (C=N–C) groups is 1. The number of benzene rings is 1. The Morgan fingerprint density at radius 1 is 1.47 bits per heavy atom. The topological polar surface area (TPSA) is 50.4 Å². The number of anilines is 1. The van der Waals surface area contributed by atoms with Crippen molar-refractivity contribution < 1.29 is 8.78 Å². The molecule has 0 radical (unpaired) electrons. The number of thioether (sulfide) groups is 1. The molecule has 3 nitrogen and oxygen atoms in total. The minimum Gasteiger partial charge on any atom is -0.370 e. The zero-order valence-corrected chi connectivity index (χ0v) is 13.4. The van der Waals surface area contributed by atoms with Gasteiger partial charge in [-0.2, -0.15) is 11.8 Å². The second-order valence-corrected chi connectivity index (χ2v) is 5.35. The fraction of sp³-hybridized carbons (Fsp3) is 0.417. The van der Waals surface area contributed by atoms with Crippen LogP contribution in [0.1, 0.15) is 6.42 Å². The van der Waals surface area contributed by atoms with E-state index >= 15 is 0 Å². The molecule has 1 heterocycles. The van der Waals surface area contributed by atoms with Crippen LogP contribution < -0.4 is 11.1 Å². The maximum atomic E-state index is 13.3. The molecule has 106 valence electrons. The van der Waals surface area contributed by atoms with E-state index in [2.05, 4.69) is 10.3 Å². The molecule has 3 N–H and O–H groups in total. The molecule has 19 heavy (non-hydrogen) atoms. The summed E-state index contributed by atoms with van der Waals surface area (Å²) in [6.45, 7) is 0.628. The van der Waals surface area contributed by atoms with Crippen LogP contribution in [0.4, 0.5) is 14.5 Å². The summed E-state index contributed by atoms with van der Waals surface area (Å²) in [6.07, 6.45) is 1.13. The summed E-state index contributed by atoms with van der Waals surface area (Å²) < 4.78 is 26.3. The predicted molar refractivity (Wildman–Crippen MR) is 87.3 cm³/mol. The van der Waals surface area contributed by atoms with E-state index in [1.807, 2.05) is 11.8 Å². The van der Waals surface area contributed by atoms with Gasteiger partial charge in [0.1, 0.15) is 11.6 Å². The summed E-state index contributed by atoms with van der Waals surface area (Å²) in [7, 11) is 0. The van der Waals surface area contributed by atoms with Crippen molar-refractivity contribution >= 4 is 47.4 Å². The summed E-state index contributed by atoms with van der Waals surface area (Å²) in [6, 6.07) is 3.17. The van der Waals surface area contributed by atoms with E-state index in [0.717, 1.165) is 36.1 Å². The molecule has 1 fully saturated rings. The standard InChI is InChI=1S/C12H15F2N3S.HI/c13-9-1-2-10(14)11(5-9)17-12(15)16-6-8-3-4-18-7-8;/h1-2,5,8H,3-4,6-7H2,(H3,15,16,17);1H. The molecule has 0 saturated carbocycles. The lowest BCUT2D eigenvalue weighted by molar-refractivity contribution is 0.603. The maximum absolute atomic E-state index is 13.3. The number of rotatable bonds is 3. The molecule has 1 unspecified atom stereocenters. The van der Waals surface area contributed by atoms with Crippen LogP contribution in [0.3, 0.4) is 0 Å². The first-order chi connectivity index (χ1) is 8.65. The SMILES string of the molecule is I.NC(=NCC1CCSC1)Nc1cc(F)ccc1F. The normalized spacial score (nSPS) is 19.1. The Bertz CT molecular complexity index is 451. The largest absolute Gasteiger partial charge is 0.370 e. The van der Waals surface area contributed by atoms with Crippen molar-refractivity contribution in [3.05, 3.63) is 29.8 Å². The van der Waals surface area contributed by atoms with Gasteiger partial charge in [0, 0.05) is 12.6 Å². The molecular formula is C12H16F2IN3S. The van der Waals surface area contributed by atoms with E-state index < -0.39 is 11.6 Å². The summed E-state index contributed by atoms with van der Waals surface area (Å²) in [4.78, 5) is 4.15. The van der Waals surface area contributed by atoms with Crippen molar-refractivity contribution in [2.24, 2.45) is 16.6 Å². The van der Waals surface area contributed by atoms with Gasteiger partial charge in [0.15, 0.2) is 5.96 Å². The van der Waals surface area contributed by atoms with E-state index in [0.29, 0.717) is 12.5 Å². The van der Waals surface area contributed by atoms with Crippen molar-refractivity contribution in [2.75, 3.05) is 23.4 Å². The molecule has 2 rings (SSSR count). The van der Waals surface area contributed by atoms with Crippen LogP contribution in [0.25, 0.3) is 0 Å². The van der Waals surface area contributed by atoms with Crippen molar-refractivity contribution in [2.45, 2.75) is 6.42 Å². The highest BCUT2D eigenvalue weighted by atomic mass is 127. The Morgan fingerprint density at radius 3 is 2.95 bits per heavy atom. The Hall–Kier alpha value is -0.570. The van der Waals surface area contributed by atoms with Crippen LogP contribution in [0.5, 0.6) is 0 Å². The van der Waals surface area contributed by atoms with Gasteiger partial charge in [-0.15, -0.1) is 24.0 Å². The molecule has 0 spiro atoms. The number of hydrogen-bond acceptors (Lipinski definition) is 2. The smallest absolute Gasteiger partial charge is 0.193 e. The lowest BCUT2D eigenvalue weighted by Crippen LogP contribution is -2.24. The van der Waals surface area contributed by atoms with Crippen LogP contribution >= 0.6 is 35.7 Å². The molecule has 1 aromatic rings. The van der Waals surface area contributed by atoms with E-state index in [4.69, 9.17) is 5.73 Å². The van der Waals surface area contributed by atoms with Gasteiger partial charge in [-0.05, 0) is 36.0 Å². The third kappa shape index (κ3) is 5.13. The molecule has 1 saturated heterocycles. The Kier molecular flexibility index (Phi) is 6.84. The van der Waals surface area contributed by atoms with Gasteiger partial charge < -0.3 is 11.1 Å². The Labute approximate surface area is 132 Å². The number of nitrogens with zero attached hydrogens (tertiary/aromatic N) is 1.